The van der Waals surface area contributed by atoms with Gasteiger partial charge in [0.05, 0.1) is 11.9 Å². The van der Waals surface area contributed by atoms with Crippen molar-refractivity contribution in [1.82, 2.24) is 20.2 Å². The molecule has 0 amide bonds. The van der Waals surface area contributed by atoms with Crippen LogP contribution in [0.15, 0.2) is 48.7 Å². The second kappa shape index (κ2) is 10.4. The number of hydrogen-bond acceptors (Lipinski definition) is 7. The molecule has 8 nitrogen and oxygen atoms in total. The number of carbonyl (C=O) groups is 1. The number of nitrogens with two attached hydrogens (primary N) is 1. The normalized spacial score (nSPS) is 16.5. The zero-order valence-electron chi connectivity index (χ0n) is 17.8. The molecule has 0 aliphatic carbocycles. The van der Waals surface area contributed by atoms with Crippen LogP contribution in [-0.2, 0) is 17.9 Å². The number of hydrogen-bond donors (Lipinski definition) is 4. The summed E-state index contributed by atoms with van der Waals surface area (Å²) in [6, 6.07) is 12.8. The van der Waals surface area contributed by atoms with Gasteiger partial charge in [0, 0.05) is 53.9 Å². The number of halogens is 2. The van der Waals surface area contributed by atoms with E-state index in [4.69, 9.17) is 28.9 Å². The molecule has 1 aliphatic heterocycles. The molecule has 1 fully saturated rings. The molecule has 0 spiro atoms. The van der Waals surface area contributed by atoms with Gasteiger partial charge in [-0.25, -0.2) is 9.97 Å². The molecule has 1 aromatic heterocycles. The van der Waals surface area contributed by atoms with Crippen molar-refractivity contribution in [3.8, 4) is 11.3 Å². The molecular weight excluding hydrogens is 463 g/mol. The van der Waals surface area contributed by atoms with Crippen molar-refractivity contribution in [2.75, 3.05) is 30.7 Å². The standard InChI is InChI=1S/C23H24Cl2N6O2/c24-17-5-2-6-18(25)16(17)10-29-22-21(26)28-11-19(30-22)15-4-1-3-14(9-15)12-31-8-7-27-20(13-31)23(32)33/h1-6,9,11,20,27H,7-8,10,12-13H2,(H2,26,28)(H,29,30)(H,32,33). The van der Waals surface area contributed by atoms with E-state index in [1.165, 1.54) is 0 Å². The number of carboxylic acids is 1. The van der Waals surface area contributed by atoms with Crippen LogP contribution < -0.4 is 16.4 Å². The SMILES string of the molecule is Nc1ncc(-c2cccc(CN3CCNC(C(=O)O)C3)c2)nc1NCc1c(Cl)cccc1Cl. The lowest BCUT2D eigenvalue weighted by atomic mass is 10.1. The third-order valence-corrected chi connectivity index (χ3v) is 6.19. The van der Waals surface area contributed by atoms with E-state index in [9.17, 15) is 9.90 Å². The minimum atomic E-state index is -0.830. The second-order valence-electron chi connectivity index (χ2n) is 7.82. The van der Waals surface area contributed by atoms with E-state index >= 15 is 0 Å². The van der Waals surface area contributed by atoms with Crippen molar-refractivity contribution in [2.45, 2.75) is 19.1 Å². The van der Waals surface area contributed by atoms with Gasteiger partial charge >= 0.3 is 5.97 Å². The highest BCUT2D eigenvalue weighted by Crippen LogP contribution is 2.27. The number of rotatable bonds is 7. The lowest BCUT2D eigenvalue weighted by molar-refractivity contribution is -0.140. The summed E-state index contributed by atoms with van der Waals surface area (Å²) in [5.41, 5.74) is 9.42. The molecule has 1 unspecified atom stereocenters. The topological polar surface area (TPSA) is 116 Å². The Bertz CT molecular complexity index is 1140. The third-order valence-electron chi connectivity index (χ3n) is 5.48. The molecule has 1 atom stereocenters. The summed E-state index contributed by atoms with van der Waals surface area (Å²) in [5, 5.41) is 16.6. The van der Waals surface area contributed by atoms with E-state index in [1.807, 2.05) is 24.3 Å². The van der Waals surface area contributed by atoms with Crippen LogP contribution in [0, 0.1) is 0 Å². The highest BCUT2D eigenvalue weighted by molar-refractivity contribution is 6.36. The molecule has 1 aliphatic rings. The van der Waals surface area contributed by atoms with Gasteiger partial charge in [0.2, 0.25) is 0 Å². The van der Waals surface area contributed by atoms with Crippen LogP contribution in [0.3, 0.4) is 0 Å². The average Bonchev–Trinajstić information content (AvgIpc) is 2.80. The monoisotopic (exact) mass is 486 g/mol. The van der Waals surface area contributed by atoms with Gasteiger partial charge in [-0.3, -0.25) is 9.69 Å². The van der Waals surface area contributed by atoms with Crippen molar-refractivity contribution in [2.24, 2.45) is 0 Å². The molecule has 33 heavy (non-hydrogen) atoms. The van der Waals surface area contributed by atoms with Gasteiger partial charge in [-0.05, 0) is 23.8 Å². The summed E-state index contributed by atoms with van der Waals surface area (Å²) in [5.74, 6) is -0.109. The summed E-state index contributed by atoms with van der Waals surface area (Å²) in [6.45, 7) is 2.89. The summed E-state index contributed by atoms with van der Waals surface area (Å²) in [7, 11) is 0. The van der Waals surface area contributed by atoms with Crippen molar-refractivity contribution in [3.05, 3.63) is 69.8 Å². The van der Waals surface area contributed by atoms with Crippen molar-refractivity contribution < 1.29 is 9.90 Å². The van der Waals surface area contributed by atoms with Crippen LogP contribution in [0.5, 0.6) is 0 Å². The van der Waals surface area contributed by atoms with Crippen molar-refractivity contribution >= 4 is 40.8 Å². The number of anilines is 2. The number of carboxylic acid groups (broad SMARTS) is 1. The van der Waals surface area contributed by atoms with Crippen molar-refractivity contribution in [3.63, 3.8) is 0 Å². The molecule has 4 rings (SSSR count). The quantitative estimate of drug-likeness (QED) is 0.400. The molecule has 2 aromatic carbocycles. The Labute approximate surface area is 201 Å². The van der Waals surface area contributed by atoms with Gasteiger partial charge in [-0.15, -0.1) is 0 Å². The Balaban J connectivity index is 1.50. The van der Waals surface area contributed by atoms with Crippen LogP contribution >= 0.6 is 23.2 Å². The molecule has 172 valence electrons. The second-order valence-corrected chi connectivity index (χ2v) is 8.64. The molecular formula is C23H24Cl2N6O2. The van der Waals surface area contributed by atoms with Crippen LogP contribution in [0.25, 0.3) is 11.3 Å². The predicted molar refractivity (Wildman–Crippen MR) is 130 cm³/mol. The molecule has 3 aromatic rings. The highest BCUT2D eigenvalue weighted by atomic mass is 35.5. The molecule has 0 bridgehead atoms. The highest BCUT2D eigenvalue weighted by Gasteiger charge is 2.24. The van der Waals surface area contributed by atoms with Gasteiger partial charge < -0.3 is 21.5 Å². The van der Waals surface area contributed by atoms with Crippen LogP contribution in [-0.4, -0.2) is 51.6 Å². The summed E-state index contributed by atoms with van der Waals surface area (Å²) in [4.78, 5) is 22.4. The van der Waals surface area contributed by atoms with E-state index in [2.05, 4.69) is 25.5 Å². The Hall–Kier alpha value is -2.91. The largest absolute Gasteiger partial charge is 0.480 e. The Morgan fingerprint density at radius 1 is 1.24 bits per heavy atom. The van der Waals surface area contributed by atoms with E-state index < -0.39 is 12.0 Å². The maximum Gasteiger partial charge on any atom is 0.322 e. The number of nitrogens with one attached hydrogen (secondary N) is 2. The molecule has 0 saturated carbocycles. The number of aromatic nitrogens is 2. The van der Waals surface area contributed by atoms with E-state index in [-0.39, 0.29) is 5.82 Å². The summed E-state index contributed by atoms with van der Waals surface area (Å²) in [6.07, 6.45) is 1.63. The maximum atomic E-state index is 11.3. The van der Waals surface area contributed by atoms with Crippen LogP contribution in [0.1, 0.15) is 11.1 Å². The first-order chi connectivity index (χ1) is 15.9. The van der Waals surface area contributed by atoms with E-state index in [0.717, 1.165) is 23.2 Å². The average molecular weight is 487 g/mol. The smallest absolute Gasteiger partial charge is 0.322 e. The molecule has 2 heterocycles. The summed E-state index contributed by atoms with van der Waals surface area (Å²) < 4.78 is 0. The number of aliphatic carboxylic acids is 1. The molecule has 0 radical (unpaired) electrons. The van der Waals surface area contributed by atoms with Crippen LogP contribution in [0.2, 0.25) is 10.0 Å². The predicted octanol–water partition coefficient (Wildman–Crippen LogP) is 3.50. The molecule has 5 N–H and O–H groups in total. The first-order valence-electron chi connectivity index (χ1n) is 10.5. The zero-order chi connectivity index (χ0) is 23.4. The van der Waals surface area contributed by atoms with E-state index in [1.54, 1.807) is 24.4 Å². The van der Waals surface area contributed by atoms with Gasteiger partial charge in [-0.1, -0.05) is 47.5 Å². The maximum absolute atomic E-state index is 11.3. The minimum absolute atomic E-state index is 0.276. The van der Waals surface area contributed by atoms with Crippen molar-refractivity contribution in [1.29, 1.82) is 0 Å². The lowest BCUT2D eigenvalue weighted by Crippen LogP contribution is -2.53. The van der Waals surface area contributed by atoms with Gasteiger partial charge in [0.15, 0.2) is 11.6 Å². The lowest BCUT2D eigenvalue weighted by Gasteiger charge is -2.31. The fraction of sp³-hybridized carbons (Fsp3) is 0.261. The Morgan fingerprint density at radius 2 is 2.00 bits per heavy atom. The number of nitrogen functional groups attached to an aromatic ring is 1. The fourth-order valence-electron chi connectivity index (χ4n) is 3.75. The first kappa shape index (κ1) is 23.3. The first-order valence-corrected chi connectivity index (χ1v) is 11.2. The van der Waals surface area contributed by atoms with Crippen LogP contribution in [0.4, 0.5) is 11.6 Å². The Morgan fingerprint density at radius 3 is 2.76 bits per heavy atom. The number of benzene rings is 2. The van der Waals surface area contributed by atoms with E-state index in [0.29, 0.717) is 47.7 Å². The Kier molecular flexibility index (Phi) is 7.29. The molecule has 1 saturated heterocycles. The number of piperazine rings is 1. The van der Waals surface area contributed by atoms with Gasteiger partial charge in [-0.2, -0.15) is 0 Å². The third kappa shape index (κ3) is 5.72. The minimum Gasteiger partial charge on any atom is -0.480 e. The zero-order valence-corrected chi connectivity index (χ0v) is 19.3. The van der Waals surface area contributed by atoms with Gasteiger partial charge in [0.25, 0.3) is 0 Å². The molecule has 10 heteroatoms. The summed E-state index contributed by atoms with van der Waals surface area (Å²) >= 11 is 12.5. The fourth-order valence-corrected chi connectivity index (χ4v) is 4.28. The number of nitrogens with zero attached hydrogens (tertiary/aromatic N) is 3. The van der Waals surface area contributed by atoms with Gasteiger partial charge in [0.1, 0.15) is 6.04 Å².